The number of nitrogens with zero attached hydrogens (tertiary/aromatic N) is 2. The molecule has 2 N–H and O–H groups in total. The second-order valence-corrected chi connectivity index (χ2v) is 3.37. The Balaban J connectivity index is 2.07. The molecule has 84 valence electrons. The van der Waals surface area contributed by atoms with Crippen molar-refractivity contribution in [2.24, 2.45) is 7.05 Å². The van der Waals surface area contributed by atoms with Gasteiger partial charge in [-0.1, -0.05) is 0 Å². The molecule has 0 fully saturated rings. The third-order valence-electron chi connectivity index (χ3n) is 2.29. The van der Waals surface area contributed by atoms with Gasteiger partial charge in [0.05, 0.1) is 0 Å². The van der Waals surface area contributed by atoms with Crippen LogP contribution in [0.15, 0.2) is 12.3 Å². The third-order valence-corrected chi connectivity index (χ3v) is 2.29. The van der Waals surface area contributed by atoms with Crippen LogP contribution in [0, 0.1) is 0 Å². The summed E-state index contributed by atoms with van der Waals surface area (Å²) in [5.74, 6) is 0.0723. The van der Waals surface area contributed by atoms with E-state index in [1.165, 1.54) is 5.69 Å². The molecule has 0 saturated heterocycles. The highest BCUT2D eigenvalue weighted by Crippen LogP contribution is 1.95. The lowest BCUT2D eigenvalue weighted by molar-refractivity contribution is -0.120. The number of aromatic nitrogens is 2. The first-order chi connectivity index (χ1) is 7.24. The maximum atomic E-state index is 10.9. The van der Waals surface area contributed by atoms with Gasteiger partial charge in [0, 0.05) is 51.9 Å². The van der Waals surface area contributed by atoms with Crippen LogP contribution in [0.2, 0.25) is 0 Å². The summed E-state index contributed by atoms with van der Waals surface area (Å²) >= 11 is 0. The van der Waals surface area contributed by atoms with E-state index in [1.807, 2.05) is 17.8 Å². The monoisotopic (exact) mass is 210 g/mol. The van der Waals surface area contributed by atoms with Crippen LogP contribution in [0.5, 0.6) is 0 Å². The lowest BCUT2D eigenvalue weighted by Gasteiger charge is -2.04. The Labute approximate surface area is 89.9 Å². The highest BCUT2D eigenvalue weighted by atomic mass is 16.1. The van der Waals surface area contributed by atoms with Crippen LogP contribution in [0.25, 0.3) is 0 Å². The van der Waals surface area contributed by atoms with Crippen molar-refractivity contribution < 1.29 is 4.79 Å². The average molecular weight is 210 g/mol. The Morgan fingerprint density at radius 3 is 2.93 bits per heavy atom. The molecule has 1 aromatic rings. The number of hydrogen-bond donors (Lipinski definition) is 2. The minimum absolute atomic E-state index is 0.0723. The molecule has 1 heterocycles. The Morgan fingerprint density at radius 2 is 2.33 bits per heavy atom. The number of amides is 1. The molecule has 1 rings (SSSR count). The van der Waals surface area contributed by atoms with Crippen LogP contribution in [0.3, 0.4) is 0 Å². The SMILES string of the molecule is CNC(=O)CCNCCc1ccnn1C. The number of hydrogen-bond acceptors (Lipinski definition) is 3. The van der Waals surface area contributed by atoms with E-state index in [9.17, 15) is 4.79 Å². The summed E-state index contributed by atoms with van der Waals surface area (Å²) in [4.78, 5) is 10.9. The van der Waals surface area contributed by atoms with Crippen molar-refractivity contribution in [2.45, 2.75) is 12.8 Å². The van der Waals surface area contributed by atoms with Crippen molar-refractivity contribution in [3.05, 3.63) is 18.0 Å². The maximum Gasteiger partial charge on any atom is 0.221 e. The van der Waals surface area contributed by atoms with Gasteiger partial charge in [0.1, 0.15) is 0 Å². The van der Waals surface area contributed by atoms with E-state index in [1.54, 1.807) is 13.2 Å². The van der Waals surface area contributed by atoms with E-state index in [-0.39, 0.29) is 5.91 Å². The van der Waals surface area contributed by atoms with Gasteiger partial charge in [0.15, 0.2) is 0 Å². The van der Waals surface area contributed by atoms with Gasteiger partial charge in [-0.05, 0) is 6.07 Å². The van der Waals surface area contributed by atoms with Crippen LogP contribution in [0.1, 0.15) is 12.1 Å². The van der Waals surface area contributed by atoms with Gasteiger partial charge in [0.25, 0.3) is 0 Å². The molecule has 0 aliphatic heterocycles. The summed E-state index contributed by atoms with van der Waals surface area (Å²) in [7, 11) is 3.58. The standard InChI is InChI=1S/C10H18N4O/c1-11-10(15)5-7-12-6-3-9-4-8-13-14(9)2/h4,8,12H,3,5-7H2,1-2H3,(H,11,15). The molecular formula is C10H18N4O. The predicted octanol–water partition coefficient (Wildman–Crippen LogP) is -0.312. The Morgan fingerprint density at radius 1 is 1.53 bits per heavy atom. The molecule has 0 radical (unpaired) electrons. The normalized spacial score (nSPS) is 10.3. The number of carbonyl (C=O) groups is 1. The summed E-state index contributed by atoms with van der Waals surface area (Å²) in [6.07, 6.45) is 3.26. The van der Waals surface area contributed by atoms with E-state index < -0.39 is 0 Å². The lowest BCUT2D eigenvalue weighted by Crippen LogP contribution is -2.26. The molecule has 0 bridgehead atoms. The molecular weight excluding hydrogens is 192 g/mol. The van der Waals surface area contributed by atoms with Gasteiger partial charge in [-0.15, -0.1) is 0 Å². The number of nitrogens with one attached hydrogen (secondary N) is 2. The van der Waals surface area contributed by atoms with Crippen molar-refractivity contribution in [3.63, 3.8) is 0 Å². The van der Waals surface area contributed by atoms with Crippen molar-refractivity contribution in [2.75, 3.05) is 20.1 Å². The average Bonchev–Trinajstić information content (AvgIpc) is 2.63. The van der Waals surface area contributed by atoms with E-state index in [2.05, 4.69) is 15.7 Å². The highest BCUT2D eigenvalue weighted by molar-refractivity contribution is 5.75. The van der Waals surface area contributed by atoms with Crippen molar-refractivity contribution in [1.29, 1.82) is 0 Å². The zero-order valence-electron chi connectivity index (χ0n) is 9.29. The zero-order valence-corrected chi connectivity index (χ0v) is 9.29. The van der Waals surface area contributed by atoms with E-state index in [0.29, 0.717) is 6.42 Å². The fourth-order valence-electron chi connectivity index (χ4n) is 1.31. The fraction of sp³-hybridized carbons (Fsp3) is 0.600. The smallest absolute Gasteiger partial charge is 0.221 e. The molecule has 1 amide bonds. The van der Waals surface area contributed by atoms with Gasteiger partial charge in [-0.25, -0.2) is 0 Å². The first-order valence-corrected chi connectivity index (χ1v) is 5.12. The maximum absolute atomic E-state index is 10.9. The van der Waals surface area contributed by atoms with Gasteiger partial charge in [-0.2, -0.15) is 5.10 Å². The quantitative estimate of drug-likeness (QED) is 0.633. The summed E-state index contributed by atoms with van der Waals surface area (Å²) in [6, 6.07) is 2.00. The lowest BCUT2D eigenvalue weighted by atomic mass is 10.3. The van der Waals surface area contributed by atoms with Crippen molar-refractivity contribution >= 4 is 5.91 Å². The zero-order chi connectivity index (χ0) is 11.1. The van der Waals surface area contributed by atoms with Gasteiger partial charge in [0.2, 0.25) is 5.91 Å². The number of rotatable bonds is 6. The summed E-state index contributed by atoms with van der Waals surface area (Å²) in [5.41, 5.74) is 1.20. The van der Waals surface area contributed by atoms with Gasteiger partial charge in [-0.3, -0.25) is 9.48 Å². The summed E-state index contributed by atoms with van der Waals surface area (Å²) in [5, 5.41) is 9.88. The van der Waals surface area contributed by atoms with Crippen LogP contribution in [-0.2, 0) is 18.3 Å². The van der Waals surface area contributed by atoms with Crippen LogP contribution in [-0.4, -0.2) is 35.8 Å². The summed E-state index contributed by atoms with van der Waals surface area (Å²) < 4.78 is 1.86. The van der Waals surface area contributed by atoms with Crippen LogP contribution >= 0.6 is 0 Å². The predicted molar refractivity (Wildman–Crippen MR) is 58.5 cm³/mol. The van der Waals surface area contributed by atoms with E-state index in [0.717, 1.165) is 19.5 Å². The second-order valence-electron chi connectivity index (χ2n) is 3.37. The molecule has 0 unspecified atom stereocenters. The van der Waals surface area contributed by atoms with Crippen molar-refractivity contribution in [3.8, 4) is 0 Å². The molecule has 1 aromatic heterocycles. The molecule has 0 spiro atoms. The van der Waals surface area contributed by atoms with Crippen LogP contribution < -0.4 is 10.6 Å². The van der Waals surface area contributed by atoms with E-state index in [4.69, 9.17) is 0 Å². The highest BCUT2D eigenvalue weighted by Gasteiger charge is 1.99. The number of carbonyl (C=O) groups excluding carboxylic acids is 1. The molecule has 5 heteroatoms. The molecule has 0 aliphatic carbocycles. The third kappa shape index (κ3) is 4.12. The summed E-state index contributed by atoms with van der Waals surface area (Å²) in [6.45, 7) is 1.59. The largest absolute Gasteiger partial charge is 0.359 e. The minimum Gasteiger partial charge on any atom is -0.359 e. The van der Waals surface area contributed by atoms with Gasteiger partial charge >= 0.3 is 0 Å². The van der Waals surface area contributed by atoms with Crippen LogP contribution in [0.4, 0.5) is 0 Å². The minimum atomic E-state index is 0.0723. The van der Waals surface area contributed by atoms with Crippen molar-refractivity contribution in [1.82, 2.24) is 20.4 Å². The Bertz CT molecular complexity index is 308. The second kappa shape index (κ2) is 6.19. The first kappa shape index (κ1) is 11.7. The topological polar surface area (TPSA) is 59.0 Å². The molecule has 15 heavy (non-hydrogen) atoms. The first-order valence-electron chi connectivity index (χ1n) is 5.12. The molecule has 0 aromatic carbocycles. The molecule has 5 nitrogen and oxygen atoms in total. The van der Waals surface area contributed by atoms with Gasteiger partial charge < -0.3 is 10.6 Å². The number of aryl methyl sites for hydroxylation is 1. The fourth-order valence-corrected chi connectivity index (χ4v) is 1.31. The molecule has 0 atom stereocenters. The molecule has 0 aliphatic rings. The Hall–Kier alpha value is -1.36. The molecule has 0 saturated carbocycles. The van der Waals surface area contributed by atoms with E-state index >= 15 is 0 Å². The Kier molecular flexibility index (Phi) is 4.83.